The molecule has 0 atom stereocenters. The van der Waals surface area contributed by atoms with Gasteiger partial charge in [0, 0.05) is 20.1 Å². The molecule has 1 fully saturated rings. The number of fused-ring (bicyclic) bond motifs is 1. The van der Waals surface area contributed by atoms with E-state index in [1.807, 2.05) is 4.57 Å². The van der Waals surface area contributed by atoms with E-state index in [9.17, 15) is 4.79 Å². The van der Waals surface area contributed by atoms with Gasteiger partial charge in [0.2, 0.25) is 5.95 Å². The normalized spacial score (nSPS) is 13.6. The molecule has 0 bridgehead atoms. The van der Waals surface area contributed by atoms with E-state index in [1.54, 1.807) is 38.2 Å². The monoisotopic (exact) mass is 402 g/mol. The summed E-state index contributed by atoms with van der Waals surface area (Å²) < 4.78 is 9.07. The molecule has 2 aromatic heterocycles. The molecular weight excluding hydrogens is 380 g/mol. The first-order valence-electron chi connectivity index (χ1n) is 9.89. The first kappa shape index (κ1) is 19.5. The molecule has 0 saturated carbocycles. The molecule has 0 amide bonds. The number of anilines is 1. The van der Waals surface area contributed by atoms with Gasteiger partial charge >= 0.3 is 6.01 Å². The van der Waals surface area contributed by atoms with Crippen molar-refractivity contribution in [2.75, 3.05) is 18.0 Å². The molecule has 0 spiro atoms. The van der Waals surface area contributed by atoms with Crippen LogP contribution in [0.5, 0.6) is 11.8 Å². The number of rotatable bonds is 4. The van der Waals surface area contributed by atoms with Crippen LogP contribution in [-0.4, -0.2) is 32.2 Å². The highest BCUT2D eigenvalue weighted by molar-refractivity contribution is 5.75. The number of hydrogen-bond acceptors (Lipinski definition) is 5. The van der Waals surface area contributed by atoms with Crippen molar-refractivity contribution in [1.82, 2.24) is 19.1 Å². The van der Waals surface area contributed by atoms with E-state index in [2.05, 4.69) is 26.6 Å². The standard InChI is InChI=1S/C22H22N6O2/c1-4-5-15-28-18-19(24-21(28)27-13-7-6-8-14-27)25-22(26(3)20(18)29)30-17-11-9-16(23-2)10-12-17/h9-12H,6-8,13-15H2,1,3H3. The zero-order valence-corrected chi connectivity index (χ0v) is 17.1. The lowest BCUT2D eigenvalue weighted by atomic mass is 10.1. The third kappa shape index (κ3) is 3.60. The van der Waals surface area contributed by atoms with Gasteiger partial charge in [0.15, 0.2) is 16.9 Å². The molecule has 3 heterocycles. The van der Waals surface area contributed by atoms with Gasteiger partial charge in [-0.15, -0.1) is 5.92 Å². The lowest BCUT2D eigenvalue weighted by Gasteiger charge is -2.27. The minimum atomic E-state index is -0.235. The van der Waals surface area contributed by atoms with E-state index < -0.39 is 0 Å². The second-order valence-electron chi connectivity index (χ2n) is 7.11. The molecule has 0 N–H and O–H groups in total. The van der Waals surface area contributed by atoms with Crippen molar-refractivity contribution in [3.8, 4) is 23.6 Å². The Morgan fingerprint density at radius 3 is 2.57 bits per heavy atom. The summed E-state index contributed by atoms with van der Waals surface area (Å²) in [5.74, 6) is 7.17. The van der Waals surface area contributed by atoms with E-state index in [4.69, 9.17) is 16.3 Å². The SMILES string of the molecule is [C-]#[N+]c1ccc(Oc2nc3nc(N4CCCCC4)n(CC#CC)c3c(=O)n2C)cc1. The maximum atomic E-state index is 13.2. The number of hydrogen-bond donors (Lipinski definition) is 0. The van der Waals surface area contributed by atoms with Gasteiger partial charge in [-0.05, 0) is 38.3 Å². The highest BCUT2D eigenvalue weighted by Gasteiger charge is 2.23. The third-order valence-corrected chi connectivity index (χ3v) is 5.15. The van der Waals surface area contributed by atoms with Crippen LogP contribution in [0, 0.1) is 18.4 Å². The van der Waals surface area contributed by atoms with Crippen molar-refractivity contribution in [2.24, 2.45) is 7.05 Å². The van der Waals surface area contributed by atoms with Gasteiger partial charge in [0.05, 0.1) is 13.1 Å². The Bertz CT molecular complexity index is 1230. The molecule has 0 unspecified atom stereocenters. The Hall–Kier alpha value is -3.78. The summed E-state index contributed by atoms with van der Waals surface area (Å²) in [6.45, 7) is 11.0. The third-order valence-electron chi connectivity index (χ3n) is 5.15. The molecule has 1 aliphatic heterocycles. The molecule has 8 nitrogen and oxygen atoms in total. The molecule has 30 heavy (non-hydrogen) atoms. The number of imidazole rings is 1. The summed E-state index contributed by atoms with van der Waals surface area (Å²) in [4.78, 5) is 28.0. The smallest absolute Gasteiger partial charge is 0.306 e. The summed E-state index contributed by atoms with van der Waals surface area (Å²) in [5.41, 5.74) is 1.06. The summed E-state index contributed by atoms with van der Waals surface area (Å²) in [6, 6.07) is 6.83. The molecule has 1 aromatic carbocycles. The van der Waals surface area contributed by atoms with Crippen LogP contribution in [0.15, 0.2) is 29.1 Å². The lowest BCUT2D eigenvalue weighted by molar-refractivity contribution is 0.415. The maximum Gasteiger partial charge on any atom is 0.306 e. The molecule has 1 aliphatic rings. The fraction of sp³-hybridized carbons (Fsp3) is 0.364. The first-order chi connectivity index (χ1) is 14.6. The van der Waals surface area contributed by atoms with Crippen molar-refractivity contribution >= 4 is 22.8 Å². The Kier molecular flexibility index (Phi) is 5.40. The number of ether oxygens (including phenoxy) is 1. The van der Waals surface area contributed by atoms with Crippen molar-refractivity contribution in [2.45, 2.75) is 32.7 Å². The molecule has 3 aromatic rings. The van der Waals surface area contributed by atoms with Crippen LogP contribution in [0.1, 0.15) is 26.2 Å². The largest absolute Gasteiger partial charge is 0.426 e. The Labute approximate surface area is 174 Å². The average Bonchev–Trinajstić information content (AvgIpc) is 3.15. The van der Waals surface area contributed by atoms with Gasteiger partial charge in [0.25, 0.3) is 5.56 Å². The molecule has 4 rings (SSSR count). The highest BCUT2D eigenvalue weighted by atomic mass is 16.5. The summed E-state index contributed by atoms with van der Waals surface area (Å²) in [7, 11) is 1.63. The van der Waals surface area contributed by atoms with Gasteiger partial charge in [-0.25, -0.2) is 4.85 Å². The minimum Gasteiger partial charge on any atom is -0.426 e. The van der Waals surface area contributed by atoms with Crippen molar-refractivity contribution < 1.29 is 4.74 Å². The maximum absolute atomic E-state index is 13.2. The fourth-order valence-corrected chi connectivity index (χ4v) is 3.56. The minimum absolute atomic E-state index is 0.152. The molecule has 8 heteroatoms. The first-order valence-corrected chi connectivity index (χ1v) is 9.89. The second kappa shape index (κ2) is 8.30. The Balaban J connectivity index is 1.80. The van der Waals surface area contributed by atoms with Gasteiger partial charge in [-0.1, -0.05) is 18.1 Å². The van der Waals surface area contributed by atoms with Gasteiger partial charge in [-0.3, -0.25) is 13.9 Å². The van der Waals surface area contributed by atoms with Gasteiger partial charge in [-0.2, -0.15) is 9.97 Å². The highest BCUT2D eigenvalue weighted by Crippen LogP contribution is 2.26. The number of nitrogens with zero attached hydrogens (tertiary/aromatic N) is 6. The van der Waals surface area contributed by atoms with E-state index in [0.717, 1.165) is 31.9 Å². The quantitative estimate of drug-likeness (QED) is 0.494. The van der Waals surface area contributed by atoms with Crippen LogP contribution in [0.3, 0.4) is 0 Å². The van der Waals surface area contributed by atoms with Gasteiger partial charge in [0.1, 0.15) is 5.75 Å². The van der Waals surface area contributed by atoms with E-state index in [1.165, 1.54) is 11.0 Å². The molecule has 0 aliphatic carbocycles. The Morgan fingerprint density at radius 2 is 1.90 bits per heavy atom. The molecule has 0 radical (unpaired) electrons. The topological polar surface area (TPSA) is 69.5 Å². The van der Waals surface area contributed by atoms with E-state index in [-0.39, 0.29) is 11.6 Å². The molecule has 152 valence electrons. The van der Waals surface area contributed by atoms with Crippen LogP contribution >= 0.6 is 0 Å². The van der Waals surface area contributed by atoms with Crippen LogP contribution < -0.4 is 15.2 Å². The van der Waals surface area contributed by atoms with Crippen LogP contribution in [0.4, 0.5) is 11.6 Å². The predicted octanol–water partition coefficient (Wildman–Crippen LogP) is 3.49. The molecule has 1 saturated heterocycles. The summed E-state index contributed by atoms with van der Waals surface area (Å²) in [5, 5.41) is 0. The number of aromatic nitrogens is 4. The van der Waals surface area contributed by atoms with Gasteiger partial charge < -0.3 is 9.64 Å². The van der Waals surface area contributed by atoms with E-state index >= 15 is 0 Å². The van der Waals surface area contributed by atoms with Crippen molar-refractivity contribution in [1.29, 1.82) is 0 Å². The summed E-state index contributed by atoms with van der Waals surface area (Å²) in [6.07, 6.45) is 3.40. The number of benzene rings is 1. The zero-order valence-electron chi connectivity index (χ0n) is 17.1. The molecular formula is C22H22N6O2. The van der Waals surface area contributed by atoms with Crippen LogP contribution in [-0.2, 0) is 13.6 Å². The fourth-order valence-electron chi connectivity index (χ4n) is 3.56. The van der Waals surface area contributed by atoms with E-state index in [0.29, 0.717) is 29.1 Å². The van der Waals surface area contributed by atoms with Crippen LogP contribution in [0.2, 0.25) is 0 Å². The Morgan fingerprint density at radius 1 is 1.17 bits per heavy atom. The zero-order chi connectivity index (χ0) is 21.1. The summed E-state index contributed by atoms with van der Waals surface area (Å²) >= 11 is 0. The number of piperidine rings is 1. The second-order valence-corrected chi connectivity index (χ2v) is 7.11. The van der Waals surface area contributed by atoms with Crippen LogP contribution in [0.25, 0.3) is 16.0 Å². The average molecular weight is 402 g/mol. The lowest BCUT2D eigenvalue weighted by Crippen LogP contribution is -2.32. The van der Waals surface area contributed by atoms with Crippen molar-refractivity contribution in [3.63, 3.8) is 0 Å². The predicted molar refractivity (Wildman–Crippen MR) is 115 cm³/mol. The van der Waals surface area contributed by atoms with Crippen molar-refractivity contribution in [3.05, 3.63) is 46.0 Å².